The topological polar surface area (TPSA) is 82.2 Å². The van der Waals surface area contributed by atoms with Crippen molar-refractivity contribution >= 4 is 5.91 Å². The lowest BCUT2D eigenvalue weighted by molar-refractivity contribution is -0.130. The number of nitrogens with two attached hydrogens (primary N) is 1. The van der Waals surface area contributed by atoms with Gasteiger partial charge in [0.1, 0.15) is 6.04 Å². The molecule has 2 bridgehead atoms. The standard InChI is InChI=1S/C14H22N4O/c15-8-12-2-1-3-18(12)13(19)9-17-11-4-10-5-14(16,6-10)7-11/h10-12,17H,1-7,9,16H2/t10?,11?,12-,14?/m0/s1. The van der Waals surface area contributed by atoms with Gasteiger partial charge in [0.15, 0.2) is 0 Å². The van der Waals surface area contributed by atoms with Crippen molar-refractivity contribution in [1.82, 2.24) is 10.2 Å². The Kier molecular flexibility index (Phi) is 3.23. The van der Waals surface area contributed by atoms with E-state index in [0.717, 1.165) is 51.0 Å². The van der Waals surface area contributed by atoms with Gasteiger partial charge < -0.3 is 16.0 Å². The van der Waals surface area contributed by atoms with Crippen LogP contribution in [0.25, 0.3) is 0 Å². The summed E-state index contributed by atoms with van der Waals surface area (Å²) in [5.41, 5.74) is 6.26. The van der Waals surface area contributed by atoms with Crippen LogP contribution in [0.15, 0.2) is 0 Å². The highest BCUT2D eigenvalue weighted by atomic mass is 16.2. The molecule has 1 amide bonds. The number of hydrogen-bond acceptors (Lipinski definition) is 4. The molecule has 0 spiro atoms. The van der Waals surface area contributed by atoms with Gasteiger partial charge in [-0.15, -0.1) is 0 Å². The Hall–Kier alpha value is -1.12. The molecule has 4 aliphatic rings. The Morgan fingerprint density at radius 3 is 2.95 bits per heavy atom. The van der Waals surface area contributed by atoms with Gasteiger partial charge in [0.05, 0.1) is 12.6 Å². The molecule has 0 radical (unpaired) electrons. The van der Waals surface area contributed by atoms with Crippen molar-refractivity contribution in [2.24, 2.45) is 11.7 Å². The third-order valence-corrected chi connectivity index (χ3v) is 4.93. The highest BCUT2D eigenvalue weighted by Crippen LogP contribution is 2.47. The monoisotopic (exact) mass is 262 g/mol. The van der Waals surface area contributed by atoms with Gasteiger partial charge in [0.2, 0.25) is 5.91 Å². The minimum absolute atomic E-state index is 0.0342. The smallest absolute Gasteiger partial charge is 0.237 e. The minimum atomic E-state index is -0.213. The number of likely N-dealkylation sites (tertiary alicyclic amines) is 1. The van der Waals surface area contributed by atoms with Gasteiger partial charge in [-0.2, -0.15) is 5.26 Å². The van der Waals surface area contributed by atoms with Gasteiger partial charge in [-0.1, -0.05) is 0 Å². The van der Waals surface area contributed by atoms with Crippen molar-refractivity contribution in [2.75, 3.05) is 13.1 Å². The van der Waals surface area contributed by atoms with Gasteiger partial charge in [-0.05, 0) is 44.4 Å². The number of carbonyl (C=O) groups excluding carboxylic acids is 1. The molecule has 5 nitrogen and oxygen atoms in total. The van der Waals surface area contributed by atoms with Gasteiger partial charge in [0.25, 0.3) is 0 Å². The Morgan fingerprint density at radius 1 is 1.47 bits per heavy atom. The molecule has 3 saturated carbocycles. The maximum absolute atomic E-state index is 12.1. The number of amides is 1. The second-order valence-electron chi connectivity index (χ2n) is 6.53. The van der Waals surface area contributed by atoms with Crippen LogP contribution in [-0.4, -0.2) is 41.5 Å². The lowest BCUT2D eigenvalue weighted by atomic mass is 9.58. The maximum Gasteiger partial charge on any atom is 0.237 e. The van der Waals surface area contributed by atoms with Crippen LogP contribution in [0.1, 0.15) is 38.5 Å². The van der Waals surface area contributed by atoms with E-state index in [2.05, 4.69) is 11.4 Å². The van der Waals surface area contributed by atoms with Crippen LogP contribution in [0, 0.1) is 17.2 Å². The van der Waals surface area contributed by atoms with Crippen molar-refractivity contribution in [3.63, 3.8) is 0 Å². The third kappa shape index (κ3) is 2.47. The molecule has 3 aliphatic carbocycles. The summed E-state index contributed by atoms with van der Waals surface area (Å²) < 4.78 is 0. The van der Waals surface area contributed by atoms with E-state index in [-0.39, 0.29) is 17.5 Å². The molecule has 19 heavy (non-hydrogen) atoms. The lowest BCUT2D eigenvalue weighted by Crippen LogP contribution is -2.61. The van der Waals surface area contributed by atoms with Crippen molar-refractivity contribution in [2.45, 2.75) is 56.1 Å². The molecule has 4 rings (SSSR count). The Morgan fingerprint density at radius 2 is 2.26 bits per heavy atom. The molecule has 5 heteroatoms. The molecule has 4 fully saturated rings. The van der Waals surface area contributed by atoms with Gasteiger partial charge in [-0.3, -0.25) is 4.79 Å². The first-order valence-electron chi connectivity index (χ1n) is 7.31. The number of nitriles is 1. The Balaban J connectivity index is 1.47. The molecule has 1 unspecified atom stereocenters. The highest BCUT2D eigenvalue weighted by molar-refractivity contribution is 5.79. The summed E-state index contributed by atoms with van der Waals surface area (Å²) in [6.45, 7) is 1.08. The van der Waals surface area contributed by atoms with Crippen molar-refractivity contribution < 1.29 is 4.79 Å². The van der Waals surface area contributed by atoms with Crippen LogP contribution in [0.3, 0.4) is 0 Å². The van der Waals surface area contributed by atoms with Crippen LogP contribution >= 0.6 is 0 Å². The molecular formula is C14H22N4O. The number of carbonyl (C=O) groups is 1. The van der Waals surface area contributed by atoms with E-state index in [4.69, 9.17) is 11.0 Å². The molecule has 2 atom stereocenters. The lowest BCUT2D eigenvalue weighted by Gasteiger charge is -2.53. The van der Waals surface area contributed by atoms with E-state index >= 15 is 0 Å². The van der Waals surface area contributed by atoms with Crippen molar-refractivity contribution in [1.29, 1.82) is 5.26 Å². The number of rotatable bonds is 3. The highest BCUT2D eigenvalue weighted by Gasteiger charge is 2.47. The average Bonchev–Trinajstić information content (AvgIpc) is 2.82. The zero-order chi connectivity index (χ0) is 13.5. The molecule has 0 aromatic carbocycles. The number of hydrogen-bond donors (Lipinski definition) is 2. The maximum atomic E-state index is 12.1. The molecule has 1 saturated heterocycles. The quantitative estimate of drug-likeness (QED) is 0.769. The van der Waals surface area contributed by atoms with Gasteiger partial charge in [0, 0.05) is 18.1 Å². The Bertz CT molecular complexity index is 410. The van der Waals surface area contributed by atoms with Crippen LogP contribution in [0.4, 0.5) is 0 Å². The van der Waals surface area contributed by atoms with E-state index in [9.17, 15) is 4.79 Å². The van der Waals surface area contributed by atoms with E-state index in [1.807, 2.05) is 0 Å². The molecule has 1 aliphatic heterocycles. The second-order valence-corrected chi connectivity index (χ2v) is 6.53. The van der Waals surface area contributed by atoms with Crippen LogP contribution in [0.2, 0.25) is 0 Å². The summed E-state index contributed by atoms with van der Waals surface area (Å²) in [7, 11) is 0. The van der Waals surface area contributed by atoms with E-state index < -0.39 is 0 Å². The zero-order valence-corrected chi connectivity index (χ0v) is 11.3. The fourth-order valence-corrected chi connectivity index (χ4v) is 4.09. The third-order valence-electron chi connectivity index (χ3n) is 4.93. The minimum Gasteiger partial charge on any atom is -0.326 e. The van der Waals surface area contributed by atoms with Crippen molar-refractivity contribution in [3.8, 4) is 6.07 Å². The van der Waals surface area contributed by atoms with Gasteiger partial charge >= 0.3 is 0 Å². The SMILES string of the molecule is N#C[C@@H]1CCCN1C(=O)CNC1CC2CC(N)(C2)C1. The number of nitrogens with one attached hydrogen (secondary N) is 1. The summed E-state index contributed by atoms with van der Waals surface area (Å²) >= 11 is 0. The summed E-state index contributed by atoms with van der Waals surface area (Å²) in [5, 5.41) is 12.3. The first kappa shape index (κ1) is 12.9. The van der Waals surface area contributed by atoms with Crippen LogP contribution in [-0.2, 0) is 4.79 Å². The van der Waals surface area contributed by atoms with E-state index in [1.54, 1.807) is 4.90 Å². The van der Waals surface area contributed by atoms with E-state index in [0.29, 0.717) is 12.6 Å². The average molecular weight is 262 g/mol. The summed E-state index contributed by atoms with van der Waals surface area (Å²) in [5.74, 6) is 0.819. The molecule has 0 aromatic rings. The summed E-state index contributed by atoms with van der Waals surface area (Å²) in [4.78, 5) is 13.8. The molecular weight excluding hydrogens is 240 g/mol. The second kappa shape index (κ2) is 4.77. The number of fused-ring (bicyclic) bond motifs is 2. The van der Waals surface area contributed by atoms with Crippen LogP contribution in [0.5, 0.6) is 0 Å². The molecule has 3 N–H and O–H groups in total. The molecule has 0 aromatic heterocycles. The largest absolute Gasteiger partial charge is 0.326 e. The van der Waals surface area contributed by atoms with Gasteiger partial charge in [-0.25, -0.2) is 0 Å². The predicted molar refractivity (Wildman–Crippen MR) is 71.0 cm³/mol. The fourth-order valence-electron chi connectivity index (χ4n) is 4.09. The molecule has 104 valence electrons. The predicted octanol–water partition coefficient (Wildman–Crippen LogP) is 0.360. The normalized spacial score (nSPS) is 40.6. The van der Waals surface area contributed by atoms with Crippen molar-refractivity contribution in [3.05, 3.63) is 0 Å². The first-order valence-corrected chi connectivity index (χ1v) is 7.31. The van der Waals surface area contributed by atoms with Crippen LogP contribution < -0.4 is 11.1 Å². The zero-order valence-electron chi connectivity index (χ0n) is 11.3. The summed E-state index contributed by atoms with van der Waals surface area (Å²) in [6, 6.07) is 2.38. The summed E-state index contributed by atoms with van der Waals surface area (Å²) in [6.07, 6.45) is 6.21. The Labute approximate surface area is 114 Å². The number of nitrogens with zero attached hydrogens (tertiary/aromatic N) is 2. The molecule has 1 heterocycles. The fraction of sp³-hybridized carbons (Fsp3) is 0.857. The first-order chi connectivity index (χ1) is 9.09. The van der Waals surface area contributed by atoms with E-state index in [1.165, 1.54) is 0 Å².